The van der Waals surface area contributed by atoms with E-state index in [-0.39, 0.29) is 0 Å². The first kappa shape index (κ1) is 14.7. The third-order valence-electron chi connectivity index (χ3n) is 2.71. The molecular formula is C13H12BrClO3S. The van der Waals surface area contributed by atoms with Crippen LogP contribution in [-0.4, -0.2) is 19.3 Å². The molecule has 0 aliphatic heterocycles. The molecule has 0 aliphatic carbocycles. The second-order valence-electron chi connectivity index (χ2n) is 3.82. The lowest BCUT2D eigenvalue weighted by Crippen LogP contribution is -2.01. The van der Waals surface area contributed by atoms with Crippen LogP contribution in [0.4, 0.5) is 0 Å². The summed E-state index contributed by atoms with van der Waals surface area (Å²) in [5, 5.41) is 14.6. The zero-order chi connectivity index (χ0) is 14.0. The lowest BCUT2D eigenvalue weighted by molar-refractivity contribution is 0.219. The van der Waals surface area contributed by atoms with Crippen LogP contribution < -0.4 is 9.47 Å². The van der Waals surface area contributed by atoms with Crippen molar-refractivity contribution in [1.82, 2.24) is 0 Å². The molecule has 6 heteroatoms. The normalized spacial score (nSPS) is 12.3. The van der Waals surface area contributed by atoms with Crippen LogP contribution in [0.1, 0.15) is 17.2 Å². The van der Waals surface area contributed by atoms with Gasteiger partial charge >= 0.3 is 0 Å². The van der Waals surface area contributed by atoms with Crippen LogP contribution in [0.25, 0.3) is 0 Å². The van der Waals surface area contributed by atoms with E-state index in [1.807, 2.05) is 10.8 Å². The van der Waals surface area contributed by atoms with Crippen LogP contribution in [0.2, 0.25) is 5.02 Å². The molecule has 0 radical (unpaired) electrons. The summed E-state index contributed by atoms with van der Waals surface area (Å²) in [7, 11) is 3.06. The molecule has 1 aromatic heterocycles. The Morgan fingerprint density at radius 2 is 2.00 bits per heavy atom. The van der Waals surface area contributed by atoms with E-state index in [9.17, 15) is 5.11 Å². The summed E-state index contributed by atoms with van der Waals surface area (Å²) in [5.41, 5.74) is 1.45. The van der Waals surface area contributed by atoms with Crippen LogP contribution in [0, 0.1) is 0 Å². The summed E-state index contributed by atoms with van der Waals surface area (Å²) in [6, 6.07) is 3.40. The number of aliphatic hydroxyl groups excluding tert-OH is 1. The molecule has 0 bridgehead atoms. The lowest BCUT2D eigenvalue weighted by atomic mass is 10.0. The Hall–Kier alpha value is -0.750. The molecule has 2 rings (SSSR count). The number of ether oxygens (including phenoxy) is 2. The largest absolute Gasteiger partial charge is 0.493 e. The average Bonchev–Trinajstić information content (AvgIpc) is 2.83. The van der Waals surface area contributed by atoms with Gasteiger partial charge in [-0.1, -0.05) is 11.6 Å². The standard InChI is InChI=1S/C13H12BrClO3S/c1-17-11-4-7(3-10(15)13(11)18-2)12(16)8-5-19-6-9(8)14/h3-6,12,16H,1-2H3. The van der Waals surface area contributed by atoms with Crippen LogP contribution in [0.3, 0.4) is 0 Å². The highest BCUT2D eigenvalue weighted by Gasteiger charge is 2.19. The number of thiophene rings is 1. The molecule has 0 amide bonds. The van der Waals surface area contributed by atoms with E-state index in [1.165, 1.54) is 25.6 Å². The molecule has 0 saturated carbocycles. The van der Waals surface area contributed by atoms with E-state index in [0.717, 1.165) is 10.0 Å². The van der Waals surface area contributed by atoms with Gasteiger partial charge in [-0.2, -0.15) is 11.3 Å². The Morgan fingerprint density at radius 1 is 1.26 bits per heavy atom. The quantitative estimate of drug-likeness (QED) is 0.882. The van der Waals surface area contributed by atoms with Crippen molar-refractivity contribution in [2.24, 2.45) is 0 Å². The minimum absolute atomic E-state index is 0.405. The minimum atomic E-state index is -0.766. The lowest BCUT2D eigenvalue weighted by Gasteiger charge is -2.15. The van der Waals surface area contributed by atoms with Crippen molar-refractivity contribution < 1.29 is 14.6 Å². The van der Waals surface area contributed by atoms with Gasteiger partial charge in [0.2, 0.25) is 0 Å². The maximum absolute atomic E-state index is 10.4. The van der Waals surface area contributed by atoms with Crippen molar-refractivity contribution in [3.05, 3.63) is 43.5 Å². The van der Waals surface area contributed by atoms with Crippen molar-refractivity contribution in [1.29, 1.82) is 0 Å². The van der Waals surface area contributed by atoms with E-state index in [1.54, 1.807) is 12.1 Å². The topological polar surface area (TPSA) is 38.7 Å². The first-order valence-corrected chi connectivity index (χ1v) is 7.51. The maximum Gasteiger partial charge on any atom is 0.179 e. The maximum atomic E-state index is 10.4. The highest BCUT2D eigenvalue weighted by molar-refractivity contribution is 9.10. The van der Waals surface area contributed by atoms with Gasteiger partial charge in [0, 0.05) is 15.4 Å². The zero-order valence-corrected chi connectivity index (χ0v) is 13.5. The zero-order valence-electron chi connectivity index (χ0n) is 10.3. The Morgan fingerprint density at radius 3 is 2.53 bits per heavy atom. The van der Waals surface area contributed by atoms with E-state index < -0.39 is 6.10 Å². The molecule has 1 heterocycles. The van der Waals surface area contributed by atoms with Gasteiger partial charge in [-0.05, 0) is 39.0 Å². The second kappa shape index (κ2) is 6.13. The summed E-state index contributed by atoms with van der Waals surface area (Å²) in [6.45, 7) is 0. The van der Waals surface area contributed by atoms with Crippen LogP contribution in [-0.2, 0) is 0 Å². The highest BCUT2D eigenvalue weighted by Crippen LogP contribution is 2.40. The number of benzene rings is 1. The highest BCUT2D eigenvalue weighted by atomic mass is 79.9. The van der Waals surface area contributed by atoms with Gasteiger partial charge in [0.25, 0.3) is 0 Å². The van der Waals surface area contributed by atoms with Gasteiger partial charge in [0.05, 0.1) is 19.2 Å². The predicted octanol–water partition coefficient (Wildman–Crippen LogP) is 4.26. The van der Waals surface area contributed by atoms with Crippen molar-refractivity contribution >= 4 is 38.9 Å². The van der Waals surface area contributed by atoms with E-state index in [2.05, 4.69) is 15.9 Å². The van der Waals surface area contributed by atoms with Crippen LogP contribution in [0.5, 0.6) is 11.5 Å². The number of halogens is 2. The van der Waals surface area contributed by atoms with E-state index >= 15 is 0 Å². The molecule has 19 heavy (non-hydrogen) atoms. The summed E-state index contributed by atoms with van der Waals surface area (Å²) in [4.78, 5) is 0. The fraction of sp³-hybridized carbons (Fsp3) is 0.231. The number of methoxy groups -OCH3 is 2. The monoisotopic (exact) mass is 362 g/mol. The van der Waals surface area contributed by atoms with Crippen LogP contribution in [0.15, 0.2) is 27.4 Å². The van der Waals surface area contributed by atoms with E-state index in [0.29, 0.717) is 22.1 Å². The molecule has 3 nitrogen and oxygen atoms in total. The van der Waals surface area contributed by atoms with Gasteiger partial charge < -0.3 is 14.6 Å². The SMILES string of the molecule is COc1cc(C(O)c2cscc2Br)cc(Cl)c1OC. The van der Waals surface area contributed by atoms with Crippen molar-refractivity contribution in [3.8, 4) is 11.5 Å². The summed E-state index contributed by atoms with van der Waals surface area (Å²) < 4.78 is 11.3. The molecule has 1 aromatic carbocycles. The molecule has 1 atom stereocenters. The first-order chi connectivity index (χ1) is 9.08. The molecule has 0 spiro atoms. The average molecular weight is 364 g/mol. The first-order valence-electron chi connectivity index (χ1n) is 5.39. The van der Waals surface area contributed by atoms with Gasteiger partial charge in [-0.25, -0.2) is 0 Å². The second-order valence-corrected chi connectivity index (χ2v) is 5.82. The molecule has 1 unspecified atom stereocenters. The molecular weight excluding hydrogens is 352 g/mol. The molecule has 0 aliphatic rings. The predicted molar refractivity (Wildman–Crippen MR) is 80.6 cm³/mol. The van der Waals surface area contributed by atoms with Gasteiger partial charge in [-0.3, -0.25) is 0 Å². The smallest absolute Gasteiger partial charge is 0.179 e. The van der Waals surface area contributed by atoms with Crippen molar-refractivity contribution in [3.63, 3.8) is 0 Å². The number of rotatable bonds is 4. The third-order valence-corrected chi connectivity index (χ3v) is 4.74. The summed E-state index contributed by atoms with van der Waals surface area (Å²) >= 11 is 11.1. The minimum Gasteiger partial charge on any atom is -0.493 e. The van der Waals surface area contributed by atoms with Crippen molar-refractivity contribution in [2.75, 3.05) is 14.2 Å². The Labute approximate surface area is 128 Å². The number of aliphatic hydroxyl groups is 1. The Balaban J connectivity index is 2.46. The fourth-order valence-electron chi connectivity index (χ4n) is 1.76. The number of hydrogen-bond donors (Lipinski definition) is 1. The molecule has 1 N–H and O–H groups in total. The van der Waals surface area contributed by atoms with Gasteiger partial charge in [-0.15, -0.1) is 0 Å². The molecule has 0 saturated heterocycles. The molecule has 2 aromatic rings. The Bertz CT molecular complexity index is 585. The van der Waals surface area contributed by atoms with Gasteiger partial charge in [0.1, 0.15) is 6.10 Å². The Kier molecular flexibility index (Phi) is 4.73. The summed E-state index contributed by atoms with van der Waals surface area (Å²) in [5.74, 6) is 0.958. The van der Waals surface area contributed by atoms with Crippen molar-refractivity contribution in [2.45, 2.75) is 6.10 Å². The fourth-order valence-corrected chi connectivity index (χ4v) is 3.59. The van der Waals surface area contributed by atoms with Crippen LogP contribution >= 0.6 is 38.9 Å². The number of hydrogen-bond acceptors (Lipinski definition) is 4. The molecule has 102 valence electrons. The van der Waals surface area contributed by atoms with E-state index in [4.69, 9.17) is 21.1 Å². The molecule has 0 fully saturated rings. The van der Waals surface area contributed by atoms with Gasteiger partial charge in [0.15, 0.2) is 11.5 Å². The third kappa shape index (κ3) is 2.89. The summed E-state index contributed by atoms with van der Waals surface area (Å²) in [6.07, 6.45) is -0.766.